The molecule has 2 heterocycles. The summed E-state index contributed by atoms with van der Waals surface area (Å²) in [6.07, 6.45) is 3.44. The second-order valence-corrected chi connectivity index (χ2v) is 8.08. The number of rotatable bonds is 8. The van der Waals surface area contributed by atoms with Crippen LogP contribution >= 0.6 is 23.6 Å². The van der Waals surface area contributed by atoms with Gasteiger partial charge in [-0.05, 0) is 43.3 Å². The Labute approximate surface area is 179 Å². The Morgan fingerprint density at radius 1 is 1.28 bits per heavy atom. The van der Waals surface area contributed by atoms with Gasteiger partial charge in [0.15, 0.2) is 5.11 Å². The molecule has 6 nitrogen and oxygen atoms in total. The molecular weight excluding hydrogens is 404 g/mol. The highest BCUT2D eigenvalue weighted by molar-refractivity contribution is 7.80. The fraction of sp³-hybridized carbons (Fsp3) is 0.286. The Morgan fingerprint density at radius 2 is 2.07 bits per heavy atom. The number of carbonyl (C=O) groups excluding carboxylic acids is 1. The summed E-state index contributed by atoms with van der Waals surface area (Å²) in [7, 11) is 1.38. The zero-order valence-electron chi connectivity index (χ0n) is 16.5. The van der Waals surface area contributed by atoms with E-state index in [1.807, 2.05) is 41.9 Å². The first-order valence-corrected chi connectivity index (χ1v) is 10.6. The van der Waals surface area contributed by atoms with Crippen molar-refractivity contribution in [1.29, 1.82) is 0 Å². The zero-order valence-corrected chi connectivity index (χ0v) is 18.1. The molecule has 0 saturated carbocycles. The van der Waals surface area contributed by atoms with Crippen LogP contribution in [0.25, 0.3) is 0 Å². The van der Waals surface area contributed by atoms with Gasteiger partial charge < -0.3 is 15.4 Å². The lowest BCUT2D eigenvalue weighted by molar-refractivity contribution is 0.0602. The van der Waals surface area contributed by atoms with Gasteiger partial charge >= 0.3 is 5.97 Å². The van der Waals surface area contributed by atoms with Crippen molar-refractivity contribution >= 4 is 39.6 Å². The number of hydrogen-bond donors (Lipinski definition) is 2. The number of anilines is 1. The number of methoxy groups -OCH3 is 1. The minimum Gasteiger partial charge on any atom is -0.465 e. The topological polar surface area (TPSA) is 68.2 Å². The second-order valence-electron chi connectivity index (χ2n) is 6.54. The van der Waals surface area contributed by atoms with Gasteiger partial charge in [-0.15, -0.1) is 11.3 Å². The molecule has 0 unspecified atom stereocenters. The third-order valence-corrected chi connectivity index (χ3v) is 5.69. The van der Waals surface area contributed by atoms with E-state index < -0.39 is 0 Å². The number of ether oxygens (including phenoxy) is 1. The van der Waals surface area contributed by atoms with Crippen LogP contribution in [-0.4, -0.2) is 34.5 Å². The van der Waals surface area contributed by atoms with E-state index in [9.17, 15) is 4.79 Å². The van der Waals surface area contributed by atoms with Crippen LogP contribution in [0.15, 0.2) is 48.7 Å². The molecule has 8 heteroatoms. The molecule has 0 bridgehead atoms. The molecule has 0 atom stereocenters. The fourth-order valence-corrected chi connectivity index (χ4v) is 4.24. The van der Waals surface area contributed by atoms with E-state index in [0.717, 1.165) is 30.0 Å². The molecule has 0 amide bonds. The van der Waals surface area contributed by atoms with Gasteiger partial charge in [-0.1, -0.05) is 30.3 Å². The van der Waals surface area contributed by atoms with Crippen molar-refractivity contribution in [3.63, 3.8) is 0 Å². The molecule has 0 fully saturated rings. The van der Waals surface area contributed by atoms with Crippen LogP contribution in [0.1, 0.15) is 32.9 Å². The smallest absolute Gasteiger partial charge is 0.340 e. The Morgan fingerprint density at radius 3 is 2.76 bits per heavy atom. The van der Waals surface area contributed by atoms with Crippen LogP contribution in [0.4, 0.5) is 5.00 Å². The van der Waals surface area contributed by atoms with Crippen molar-refractivity contribution in [1.82, 2.24) is 15.1 Å². The van der Waals surface area contributed by atoms with Crippen molar-refractivity contribution in [2.75, 3.05) is 19.0 Å². The number of thiophene rings is 1. The molecule has 2 N–H and O–H groups in total. The van der Waals surface area contributed by atoms with Gasteiger partial charge in [-0.3, -0.25) is 4.68 Å². The highest BCUT2D eigenvalue weighted by Gasteiger charge is 2.18. The van der Waals surface area contributed by atoms with Gasteiger partial charge in [0.25, 0.3) is 0 Å². The van der Waals surface area contributed by atoms with Crippen molar-refractivity contribution in [3.8, 4) is 0 Å². The van der Waals surface area contributed by atoms with E-state index >= 15 is 0 Å². The summed E-state index contributed by atoms with van der Waals surface area (Å²) in [4.78, 5) is 13.2. The third-order valence-electron chi connectivity index (χ3n) is 4.40. The lowest BCUT2D eigenvalue weighted by Crippen LogP contribution is -2.30. The van der Waals surface area contributed by atoms with Crippen LogP contribution in [0, 0.1) is 6.92 Å². The molecule has 3 rings (SSSR count). The largest absolute Gasteiger partial charge is 0.465 e. The minimum atomic E-state index is -0.375. The molecule has 2 aromatic heterocycles. The minimum absolute atomic E-state index is 0.375. The maximum absolute atomic E-state index is 12.2. The van der Waals surface area contributed by atoms with Crippen molar-refractivity contribution in [2.24, 2.45) is 0 Å². The molecule has 0 spiro atoms. The summed E-state index contributed by atoms with van der Waals surface area (Å²) < 4.78 is 6.89. The van der Waals surface area contributed by atoms with E-state index in [1.54, 1.807) is 6.20 Å². The van der Waals surface area contributed by atoms with Gasteiger partial charge in [-0.25, -0.2) is 4.79 Å². The van der Waals surface area contributed by atoms with E-state index in [0.29, 0.717) is 22.2 Å². The normalized spacial score (nSPS) is 10.6. The number of benzene rings is 1. The molecular formula is C21H24N4O2S2. The number of nitrogens with zero attached hydrogens (tertiary/aromatic N) is 2. The van der Waals surface area contributed by atoms with Gasteiger partial charge in [0.05, 0.1) is 12.7 Å². The first-order chi connectivity index (χ1) is 14.1. The lowest BCUT2D eigenvalue weighted by atomic mass is 10.1. The predicted molar refractivity (Wildman–Crippen MR) is 121 cm³/mol. The number of hydrogen-bond acceptors (Lipinski definition) is 5. The molecule has 1 aromatic carbocycles. The Balaban J connectivity index is 1.58. The number of nitrogens with one attached hydrogen (secondary N) is 2. The quantitative estimate of drug-likeness (QED) is 0.321. The van der Waals surface area contributed by atoms with Crippen LogP contribution in [0.3, 0.4) is 0 Å². The summed E-state index contributed by atoms with van der Waals surface area (Å²) in [6.45, 7) is 3.56. The monoisotopic (exact) mass is 428 g/mol. The molecule has 0 aliphatic heterocycles. The fourth-order valence-electron chi connectivity index (χ4n) is 2.89. The van der Waals surface area contributed by atoms with E-state index in [4.69, 9.17) is 17.0 Å². The average molecular weight is 429 g/mol. The van der Waals surface area contributed by atoms with Crippen LogP contribution in [-0.2, 0) is 17.7 Å². The molecule has 0 aliphatic carbocycles. The molecule has 0 saturated heterocycles. The molecule has 0 aliphatic rings. The van der Waals surface area contributed by atoms with Crippen LogP contribution in [0.2, 0.25) is 0 Å². The Bertz CT molecular complexity index is 966. The molecule has 152 valence electrons. The standard InChI is InChI=1S/C21H24N4O2S2/c1-15-9-11-23-25(15)12-6-10-22-21(28)24-19-18(20(26)27-2)14-17(29-19)13-16-7-4-3-5-8-16/h3-5,7-9,11,14H,6,10,12-13H2,1-2H3,(H2,22,24,28). The number of esters is 1. The Kier molecular flexibility index (Phi) is 7.37. The van der Waals surface area contributed by atoms with E-state index in [1.165, 1.54) is 24.0 Å². The van der Waals surface area contributed by atoms with Crippen molar-refractivity contribution in [3.05, 3.63) is 70.4 Å². The van der Waals surface area contributed by atoms with Crippen LogP contribution < -0.4 is 10.6 Å². The lowest BCUT2D eigenvalue weighted by Gasteiger charge is -2.10. The molecule has 0 radical (unpaired) electrons. The Hall–Kier alpha value is -2.71. The molecule has 3 aromatic rings. The zero-order chi connectivity index (χ0) is 20.6. The molecule has 29 heavy (non-hydrogen) atoms. The summed E-state index contributed by atoms with van der Waals surface area (Å²) in [5.41, 5.74) is 2.82. The van der Waals surface area contributed by atoms with E-state index in [2.05, 4.69) is 27.9 Å². The second kappa shape index (κ2) is 10.2. The average Bonchev–Trinajstić information content (AvgIpc) is 3.31. The highest BCUT2D eigenvalue weighted by atomic mass is 32.1. The summed E-state index contributed by atoms with van der Waals surface area (Å²) >= 11 is 6.92. The van der Waals surface area contributed by atoms with Gasteiger partial charge in [0.2, 0.25) is 0 Å². The first kappa shape index (κ1) is 21.0. The maximum Gasteiger partial charge on any atom is 0.340 e. The third kappa shape index (κ3) is 5.88. The number of aryl methyl sites for hydroxylation is 2. The van der Waals surface area contributed by atoms with E-state index in [-0.39, 0.29) is 5.97 Å². The summed E-state index contributed by atoms with van der Waals surface area (Å²) in [5, 5.41) is 11.8. The number of aromatic nitrogens is 2. The predicted octanol–water partition coefficient (Wildman–Crippen LogP) is 4.01. The summed E-state index contributed by atoms with van der Waals surface area (Å²) in [6, 6.07) is 14.0. The number of thiocarbonyl (C=S) groups is 1. The maximum atomic E-state index is 12.2. The SMILES string of the molecule is COC(=O)c1cc(Cc2ccccc2)sc1NC(=S)NCCCn1nccc1C. The van der Waals surface area contributed by atoms with Gasteiger partial charge in [-0.2, -0.15) is 5.10 Å². The summed E-state index contributed by atoms with van der Waals surface area (Å²) in [5.74, 6) is -0.375. The van der Waals surface area contributed by atoms with Crippen molar-refractivity contribution < 1.29 is 9.53 Å². The van der Waals surface area contributed by atoms with Crippen LogP contribution in [0.5, 0.6) is 0 Å². The first-order valence-electron chi connectivity index (χ1n) is 9.35. The van der Waals surface area contributed by atoms with Gasteiger partial charge in [0, 0.05) is 36.3 Å². The van der Waals surface area contributed by atoms with Crippen molar-refractivity contribution in [2.45, 2.75) is 26.3 Å². The highest BCUT2D eigenvalue weighted by Crippen LogP contribution is 2.30. The van der Waals surface area contributed by atoms with Gasteiger partial charge in [0.1, 0.15) is 5.00 Å². The number of carbonyl (C=O) groups is 1.